The fourth-order valence-corrected chi connectivity index (χ4v) is 14.2. The van der Waals surface area contributed by atoms with Gasteiger partial charge in [0.2, 0.25) is 41.4 Å². The minimum Gasteiger partial charge on any atom is -0.489 e. The van der Waals surface area contributed by atoms with Crippen LogP contribution >= 0.6 is 11.6 Å². The number of allylic oxidation sites excluding steroid dienone is 5. The van der Waals surface area contributed by atoms with Crippen molar-refractivity contribution < 1.29 is 71.8 Å². The highest BCUT2D eigenvalue weighted by molar-refractivity contribution is 6.30. The number of ketones is 1. The van der Waals surface area contributed by atoms with Gasteiger partial charge in [0.1, 0.15) is 59.9 Å². The maximum absolute atomic E-state index is 12.6. The first-order chi connectivity index (χ1) is 63.4. The Labute approximate surface area is 761 Å². The van der Waals surface area contributed by atoms with Crippen LogP contribution in [0.3, 0.4) is 0 Å². The Morgan fingerprint density at radius 3 is 1.58 bits per heavy atom. The number of pyridine rings is 6. The van der Waals surface area contributed by atoms with Gasteiger partial charge in [-0.05, 0) is 153 Å². The number of carbonyl (C=O) groups excluding carboxylic acids is 13. The third kappa shape index (κ3) is 28.2. The van der Waals surface area contributed by atoms with E-state index in [0.717, 1.165) is 62.9 Å². The molecule has 12 N–H and O–H groups in total. The largest absolute Gasteiger partial charge is 0.489 e. The molecule has 7 aliphatic rings. The molecule has 0 radical (unpaired) electrons. The van der Waals surface area contributed by atoms with Gasteiger partial charge in [0.15, 0.2) is 5.78 Å². The predicted octanol–water partition coefficient (Wildman–Crippen LogP) is 7.69. The summed E-state index contributed by atoms with van der Waals surface area (Å²) in [5.41, 5.74) is 5.04. The number of nitrogens with zero attached hydrogens (tertiary/aromatic N) is 8. The predicted molar refractivity (Wildman–Crippen MR) is 489 cm³/mol. The molecule has 7 saturated heterocycles. The summed E-state index contributed by atoms with van der Waals surface area (Å²) in [6.07, 6.45) is 13.7. The Kier molecular flexibility index (Phi) is 34.4. The minimum absolute atomic E-state index is 0.0279. The lowest BCUT2D eigenvalue weighted by Gasteiger charge is -2.26. The second-order valence-corrected chi connectivity index (χ2v) is 31.6. The highest BCUT2D eigenvalue weighted by atomic mass is 35.5. The van der Waals surface area contributed by atoms with Gasteiger partial charge in [-0.2, -0.15) is 0 Å². The third-order valence-corrected chi connectivity index (χ3v) is 21.6. The van der Waals surface area contributed by atoms with Crippen molar-refractivity contribution in [3.63, 3.8) is 0 Å². The summed E-state index contributed by atoms with van der Waals surface area (Å²) >= 11 is 5.77. The third-order valence-electron chi connectivity index (χ3n) is 21.3. The summed E-state index contributed by atoms with van der Waals surface area (Å²) in [7, 11) is 1.61. The summed E-state index contributed by atoms with van der Waals surface area (Å²) in [4.78, 5) is 206. The molecule has 9 aromatic rings. The van der Waals surface area contributed by atoms with E-state index in [0.29, 0.717) is 139 Å². The maximum Gasteiger partial charge on any atom is 0.329 e. The fourth-order valence-electron chi connectivity index (χ4n) is 14.1. The van der Waals surface area contributed by atoms with E-state index in [9.17, 15) is 76.7 Å². The lowest BCUT2D eigenvalue weighted by atomic mass is 9.92. The second kappa shape index (κ2) is 46.9. The SMILES string of the molecule is C=C1CCC(NC(=O)N(C)c2ccccn2)C(=O)N1.C=C1CCC(NC(=O)Nc2cc(Cl)ccn2)C(=O)N1.C=C1CCC(NC(=O)n2c(=O)ccc3ccccc32)C(=O)N1.C=C1CCC(NC(=O)n2ccc3ccccc3c2=O)C(=O)N1.C=C1CCC(NC(=O)n2ccccc2=O)C(=O)N1.O=C1CCC(CC(=O)c2cc(OCc3ccc(CN4CCOCC4)cc3)ccn2)C(=O)N1. The molecular formula is C93H99ClN20O18. The van der Waals surface area contributed by atoms with E-state index in [2.05, 4.69) is 129 Å². The van der Waals surface area contributed by atoms with Crippen LogP contribution in [0.1, 0.15) is 105 Å². The van der Waals surface area contributed by atoms with Crippen LogP contribution < -0.4 is 90.1 Å². The van der Waals surface area contributed by atoms with Crippen LogP contribution in [0.2, 0.25) is 5.02 Å². The first kappa shape index (κ1) is 96.9. The summed E-state index contributed by atoms with van der Waals surface area (Å²) in [5, 5.41) is 33.2. The molecule has 3 aromatic carbocycles. The van der Waals surface area contributed by atoms with Crippen molar-refractivity contribution in [1.29, 1.82) is 0 Å². The number of nitrogens with one attached hydrogen (secondary N) is 12. The zero-order valence-corrected chi connectivity index (χ0v) is 72.8. The number of aromatic nitrogens is 6. The smallest absolute Gasteiger partial charge is 0.329 e. The van der Waals surface area contributed by atoms with Crippen LogP contribution in [0.15, 0.2) is 258 Å². The number of benzene rings is 3. The number of Topliss-reactive ketones (excluding diaryl/α,β-unsaturated/α-hetero) is 1. The Bertz CT molecular complexity index is 6110. The van der Waals surface area contributed by atoms with Crippen LogP contribution in [-0.2, 0) is 51.5 Å². The number of fused-ring (bicyclic) bond motifs is 2. The Morgan fingerprint density at radius 2 is 1.02 bits per heavy atom. The van der Waals surface area contributed by atoms with Crippen LogP contribution in [-0.4, -0.2) is 174 Å². The average molecular weight is 1820 g/mol. The normalized spacial score (nSPS) is 18.7. The number of rotatable bonds is 15. The van der Waals surface area contributed by atoms with Crippen molar-refractivity contribution in [1.82, 2.24) is 92.0 Å². The van der Waals surface area contributed by atoms with Crippen molar-refractivity contribution in [2.75, 3.05) is 43.6 Å². The van der Waals surface area contributed by atoms with E-state index in [1.807, 2.05) is 30.3 Å². The van der Waals surface area contributed by atoms with E-state index in [4.69, 9.17) is 21.1 Å². The number of amides is 14. The van der Waals surface area contributed by atoms with Crippen molar-refractivity contribution in [2.24, 2.45) is 5.92 Å². The van der Waals surface area contributed by atoms with E-state index in [-0.39, 0.29) is 71.7 Å². The molecule has 16 rings (SSSR count). The molecule has 38 nitrogen and oxygen atoms in total. The first-order valence-electron chi connectivity index (χ1n) is 42.1. The minimum atomic E-state index is -0.663. The molecular weight excluding hydrogens is 1720 g/mol. The topological polar surface area (TPSA) is 496 Å². The van der Waals surface area contributed by atoms with Crippen LogP contribution in [0.25, 0.3) is 21.7 Å². The number of para-hydroxylation sites is 1. The molecule has 6 unspecified atom stereocenters. The summed E-state index contributed by atoms with van der Waals surface area (Å²) in [6.45, 7) is 23.2. The van der Waals surface area contributed by atoms with Gasteiger partial charge in [-0.15, -0.1) is 0 Å². The second-order valence-electron chi connectivity index (χ2n) is 31.1. The molecule has 39 heteroatoms. The molecule has 0 aliphatic carbocycles. The lowest BCUT2D eigenvalue weighted by Crippen LogP contribution is -2.52. The van der Waals surface area contributed by atoms with Crippen LogP contribution in [0.5, 0.6) is 5.75 Å². The number of anilines is 2. The summed E-state index contributed by atoms with van der Waals surface area (Å²) in [5.74, 6) is -1.42. The maximum atomic E-state index is 12.6. The number of carbonyl (C=O) groups is 13. The van der Waals surface area contributed by atoms with Crippen LogP contribution in [0.4, 0.5) is 35.6 Å². The Balaban J connectivity index is 0.000000155. The van der Waals surface area contributed by atoms with Crippen molar-refractivity contribution in [3.8, 4) is 5.75 Å². The van der Waals surface area contributed by atoms with Gasteiger partial charge in [0, 0.05) is 134 Å². The van der Waals surface area contributed by atoms with Crippen LogP contribution in [0, 0.1) is 5.92 Å². The molecule has 0 saturated carbocycles. The van der Waals surface area contributed by atoms with Gasteiger partial charge in [-0.3, -0.25) is 78.2 Å². The first-order valence-corrected chi connectivity index (χ1v) is 42.5. The number of halogens is 1. The van der Waals surface area contributed by atoms with Gasteiger partial charge in [-0.25, -0.2) is 47.6 Å². The van der Waals surface area contributed by atoms with E-state index in [1.165, 1.54) is 53.4 Å². The lowest BCUT2D eigenvalue weighted by molar-refractivity contribution is -0.136. The number of hydrogen-bond donors (Lipinski definition) is 12. The molecule has 686 valence electrons. The fraction of sp³-hybridized carbons (Fsp3) is 0.280. The molecule has 7 fully saturated rings. The highest BCUT2D eigenvalue weighted by Gasteiger charge is 2.34. The molecule has 13 heterocycles. The van der Waals surface area contributed by atoms with Gasteiger partial charge >= 0.3 is 30.2 Å². The van der Waals surface area contributed by atoms with E-state index < -0.39 is 76.9 Å². The summed E-state index contributed by atoms with van der Waals surface area (Å²) in [6, 6.07) is 37.5. The number of morpholine rings is 1. The summed E-state index contributed by atoms with van der Waals surface area (Å²) < 4.78 is 14.2. The molecule has 132 heavy (non-hydrogen) atoms. The number of hydrogen-bond acceptors (Lipinski definition) is 22. The molecule has 0 spiro atoms. The Hall–Kier alpha value is -15.7. The van der Waals surface area contributed by atoms with Crippen molar-refractivity contribution in [3.05, 3.63) is 297 Å². The van der Waals surface area contributed by atoms with Crippen molar-refractivity contribution in [2.45, 2.75) is 127 Å². The molecule has 7 aliphatic heterocycles. The van der Waals surface area contributed by atoms with Gasteiger partial charge in [0.05, 0.1) is 18.7 Å². The molecule has 0 bridgehead atoms. The van der Waals surface area contributed by atoms with Crippen molar-refractivity contribution >= 4 is 122 Å². The number of imide groups is 1. The molecule has 6 aromatic heterocycles. The molecule has 14 amide bonds. The van der Waals surface area contributed by atoms with Gasteiger partial charge < -0.3 is 62.6 Å². The number of piperidine rings is 6. The quantitative estimate of drug-likeness (QED) is 0.0345. The zero-order chi connectivity index (χ0) is 94.5. The highest BCUT2D eigenvalue weighted by Crippen LogP contribution is 2.24. The molecule has 6 atom stereocenters. The standard InChI is InChI=1S/C24H27N3O5.2C16H15N3O3.C13H16N4O2.C12H13ClN4O2.C12H13N3O3/c28-22(13-19-5-6-23(29)26-24(19)30)21-14-20(7-8-25-21)32-16-18-3-1-17(2-4-18)15-27-9-11-31-12-10-27;1-10-6-8-12(15(21)17-10)18-16(22)19-13-5-3-2-4-11(13)7-9-14(19)20;1-10-6-7-13(14(20)17-10)18-16(22)19-9-8-11-4-2-3-5-12(11)15(19)21;1-9-6-7-10(12(18)15-9)16-13(19)17(2)11-5-3-4-8-14-11;1-7-2-3-9(11(18)15-7)16-12(19)17-10-6-8(13)4-5-14-10;1-8-5-6-9(11(17)13-8)14-12(18)15-7-3-2-4-10(15)16/h1-4,7-8,14,19H,5-6,9-13,15-16H2,(H,26,29,30);2-5,7,9,12H,1,6,8H2,(H,17,21)(H,18,22);2-5,8-9,13H,1,6-7H2,(H,17,20)(H,18,22);3-5,8,10H,1,6-7H2,2H3,(H,15,18)(H,16,19);4-6,9H,1-3H2,(H,15,18)(H2,14,16,17,19);2-4,7,9H,1,5-6H2,(H,13,17)(H,14,18). The van der Waals surface area contributed by atoms with Gasteiger partial charge in [-0.1, -0.05) is 117 Å². The van der Waals surface area contributed by atoms with E-state index in [1.54, 1.807) is 104 Å². The van der Waals surface area contributed by atoms with Gasteiger partial charge in [0.25, 0.3) is 16.7 Å². The van der Waals surface area contributed by atoms with E-state index >= 15 is 0 Å². The number of ether oxygens (including phenoxy) is 2. The Morgan fingerprint density at radius 1 is 0.485 bits per heavy atom. The zero-order valence-electron chi connectivity index (χ0n) is 72.1. The monoisotopic (exact) mass is 1820 g/mol. The average Bonchev–Trinajstić information content (AvgIpc) is 0.794. The number of urea groups is 2.